The molecule has 100 valence electrons. The first-order chi connectivity index (χ1) is 9.22. The Labute approximate surface area is 116 Å². The molecular weight excluding hydrogens is 265 g/mol. The third-order valence-electron chi connectivity index (χ3n) is 2.75. The van der Waals surface area contributed by atoms with Crippen LogP contribution < -0.4 is 5.32 Å². The van der Waals surface area contributed by atoms with Crippen LogP contribution in [0.25, 0.3) is 0 Å². The summed E-state index contributed by atoms with van der Waals surface area (Å²) >= 11 is 5.71. The van der Waals surface area contributed by atoms with Gasteiger partial charge in [0.05, 0.1) is 23.0 Å². The molecule has 0 aliphatic rings. The first-order valence-electron chi connectivity index (χ1n) is 6.16. The molecular formula is C14H15ClFN3. The maximum Gasteiger partial charge on any atom is 0.142 e. The van der Waals surface area contributed by atoms with Crippen molar-refractivity contribution in [2.24, 2.45) is 0 Å². The second kappa shape index (κ2) is 6.59. The van der Waals surface area contributed by atoms with Crippen molar-refractivity contribution in [3.05, 3.63) is 58.9 Å². The van der Waals surface area contributed by atoms with E-state index >= 15 is 0 Å². The number of nitrogens with one attached hydrogen (secondary N) is 1. The van der Waals surface area contributed by atoms with Gasteiger partial charge in [0.15, 0.2) is 0 Å². The Bertz CT molecular complexity index is 533. The molecule has 0 radical (unpaired) electrons. The van der Waals surface area contributed by atoms with E-state index in [4.69, 9.17) is 11.6 Å². The van der Waals surface area contributed by atoms with Gasteiger partial charge in [-0.2, -0.15) is 0 Å². The zero-order valence-electron chi connectivity index (χ0n) is 10.6. The second-order valence-electron chi connectivity index (χ2n) is 4.19. The van der Waals surface area contributed by atoms with Gasteiger partial charge in [-0.1, -0.05) is 24.6 Å². The SMILES string of the molecule is CCCNC(c1ccc(Cl)c(F)c1)c1cnccn1. The Morgan fingerprint density at radius 3 is 2.84 bits per heavy atom. The molecule has 0 aliphatic heterocycles. The van der Waals surface area contributed by atoms with Crippen molar-refractivity contribution >= 4 is 11.6 Å². The molecule has 1 heterocycles. The van der Waals surface area contributed by atoms with Gasteiger partial charge in [0.1, 0.15) is 5.82 Å². The van der Waals surface area contributed by atoms with Crippen LogP contribution in [0.4, 0.5) is 4.39 Å². The first-order valence-corrected chi connectivity index (χ1v) is 6.54. The molecule has 2 rings (SSSR count). The molecule has 0 bridgehead atoms. The lowest BCUT2D eigenvalue weighted by Gasteiger charge is -2.18. The lowest BCUT2D eigenvalue weighted by Crippen LogP contribution is -2.24. The topological polar surface area (TPSA) is 37.8 Å². The van der Waals surface area contributed by atoms with Gasteiger partial charge in [-0.05, 0) is 30.7 Å². The van der Waals surface area contributed by atoms with Crippen LogP contribution in [0.15, 0.2) is 36.8 Å². The number of aromatic nitrogens is 2. The third-order valence-corrected chi connectivity index (χ3v) is 3.06. The maximum absolute atomic E-state index is 13.6. The summed E-state index contributed by atoms with van der Waals surface area (Å²) in [6.07, 6.45) is 5.90. The number of benzene rings is 1. The molecule has 5 heteroatoms. The highest BCUT2D eigenvalue weighted by atomic mass is 35.5. The first kappa shape index (κ1) is 13.9. The zero-order chi connectivity index (χ0) is 13.7. The summed E-state index contributed by atoms with van der Waals surface area (Å²) in [5, 5.41) is 3.46. The van der Waals surface area contributed by atoms with Gasteiger partial charge in [-0.25, -0.2) is 4.39 Å². The van der Waals surface area contributed by atoms with E-state index in [0.717, 1.165) is 24.2 Å². The number of halogens is 2. The molecule has 0 saturated heterocycles. The summed E-state index contributed by atoms with van der Waals surface area (Å²) in [5.41, 5.74) is 1.55. The minimum Gasteiger partial charge on any atom is -0.305 e. The smallest absolute Gasteiger partial charge is 0.142 e. The lowest BCUT2D eigenvalue weighted by molar-refractivity contribution is 0.574. The monoisotopic (exact) mass is 279 g/mol. The van der Waals surface area contributed by atoms with E-state index in [1.54, 1.807) is 30.7 Å². The van der Waals surface area contributed by atoms with Crippen molar-refractivity contribution in [3.63, 3.8) is 0 Å². The molecule has 1 unspecified atom stereocenters. The Hall–Kier alpha value is -1.52. The second-order valence-corrected chi connectivity index (χ2v) is 4.60. The summed E-state index contributed by atoms with van der Waals surface area (Å²) in [7, 11) is 0. The number of nitrogens with zero attached hydrogens (tertiary/aromatic N) is 2. The molecule has 1 aromatic carbocycles. The van der Waals surface area contributed by atoms with Crippen molar-refractivity contribution in [1.29, 1.82) is 0 Å². The van der Waals surface area contributed by atoms with Crippen LogP contribution in [0.3, 0.4) is 0 Å². The highest BCUT2D eigenvalue weighted by Crippen LogP contribution is 2.24. The van der Waals surface area contributed by atoms with Gasteiger partial charge in [0.25, 0.3) is 0 Å². The fraction of sp³-hybridized carbons (Fsp3) is 0.286. The molecule has 0 fully saturated rings. The Balaban J connectivity index is 2.34. The molecule has 1 atom stereocenters. The molecule has 0 aliphatic carbocycles. The van der Waals surface area contributed by atoms with Crippen molar-refractivity contribution in [2.45, 2.75) is 19.4 Å². The molecule has 3 nitrogen and oxygen atoms in total. The van der Waals surface area contributed by atoms with Gasteiger partial charge < -0.3 is 5.32 Å². The van der Waals surface area contributed by atoms with Crippen LogP contribution in [-0.4, -0.2) is 16.5 Å². The molecule has 2 aromatic rings. The van der Waals surface area contributed by atoms with Crippen LogP contribution in [0.5, 0.6) is 0 Å². The van der Waals surface area contributed by atoms with E-state index in [2.05, 4.69) is 22.2 Å². The minimum atomic E-state index is -0.425. The summed E-state index contributed by atoms with van der Waals surface area (Å²) in [6.45, 7) is 2.88. The molecule has 19 heavy (non-hydrogen) atoms. The molecule has 1 aromatic heterocycles. The fourth-order valence-electron chi connectivity index (χ4n) is 1.83. The van der Waals surface area contributed by atoms with Crippen LogP contribution >= 0.6 is 11.6 Å². The predicted molar refractivity (Wildman–Crippen MR) is 73.6 cm³/mol. The average molecular weight is 280 g/mol. The van der Waals surface area contributed by atoms with Crippen LogP contribution in [-0.2, 0) is 0 Å². The molecule has 1 N–H and O–H groups in total. The summed E-state index contributed by atoms with van der Waals surface area (Å²) < 4.78 is 13.6. The van der Waals surface area contributed by atoms with E-state index in [0.29, 0.717) is 0 Å². The standard InChI is InChI=1S/C14H15ClFN3/c1-2-5-19-14(13-9-17-6-7-18-13)10-3-4-11(15)12(16)8-10/h3-4,6-9,14,19H,2,5H2,1H3. The average Bonchev–Trinajstić information content (AvgIpc) is 2.44. The lowest BCUT2D eigenvalue weighted by atomic mass is 10.0. The normalized spacial score (nSPS) is 12.4. The van der Waals surface area contributed by atoms with E-state index in [1.165, 1.54) is 6.07 Å². The van der Waals surface area contributed by atoms with Gasteiger partial charge in [0, 0.05) is 12.4 Å². The summed E-state index contributed by atoms with van der Waals surface area (Å²) in [4.78, 5) is 8.34. The van der Waals surface area contributed by atoms with E-state index < -0.39 is 5.82 Å². The van der Waals surface area contributed by atoms with Crippen LogP contribution in [0.1, 0.15) is 30.6 Å². The van der Waals surface area contributed by atoms with Crippen LogP contribution in [0, 0.1) is 5.82 Å². The number of hydrogen-bond donors (Lipinski definition) is 1. The third kappa shape index (κ3) is 3.49. The van der Waals surface area contributed by atoms with E-state index in [1.807, 2.05) is 0 Å². The van der Waals surface area contributed by atoms with Gasteiger partial charge in [-0.15, -0.1) is 0 Å². The van der Waals surface area contributed by atoms with Crippen molar-refractivity contribution in [2.75, 3.05) is 6.54 Å². The number of rotatable bonds is 5. The van der Waals surface area contributed by atoms with E-state index in [9.17, 15) is 4.39 Å². The Morgan fingerprint density at radius 2 is 2.21 bits per heavy atom. The van der Waals surface area contributed by atoms with Crippen molar-refractivity contribution in [1.82, 2.24) is 15.3 Å². The van der Waals surface area contributed by atoms with Gasteiger partial charge in [0.2, 0.25) is 0 Å². The summed E-state index contributed by atoms with van der Waals surface area (Å²) in [6, 6.07) is 4.61. The van der Waals surface area contributed by atoms with Crippen molar-refractivity contribution < 1.29 is 4.39 Å². The van der Waals surface area contributed by atoms with E-state index in [-0.39, 0.29) is 11.1 Å². The molecule has 0 amide bonds. The highest BCUT2D eigenvalue weighted by molar-refractivity contribution is 6.30. The zero-order valence-corrected chi connectivity index (χ0v) is 11.4. The highest BCUT2D eigenvalue weighted by Gasteiger charge is 2.16. The molecule has 0 saturated carbocycles. The van der Waals surface area contributed by atoms with Gasteiger partial charge in [-0.3, -0.25) is 9.97 Å². The number of hydrogen-bond acceptors (Lipinski definition) is 3. The quantitative estimate of drug-likeness (QED) is 0.912. The maximum atomic E-state index is 13.6. The van der Waals surface area contributed by atoms with Gasteiger partial charge >= 0.3 is 0 Å². The summed E-state index contributed by atoms with van der Waals surface area (Å²) in [5.74, 6) is -0.425. The van der Waals surface area contributed by atoms with Crippen LogP contribution in [0.2, 0.25) is 5.02 Å². The Morgan fingerprint density at radius 1 is 1.37 bits per heavy atom. The predicted octanol–water partition coefficient (Wildman–Crippen LogP) is 3.36. The fourth-order valence-corrected chi connectivity index (χ4v) is 1.95. The molecule has 0 spiro atoms. The van der Waals surface area contributed by atoms with Crippen molar-refractivity contribution in [3.8, 4) is 0 Å². The largest absolute Gasteiger partial charge is 0.305 e. The Kier molecular flexibility index (Phi) is 4.82. The minimum absolute atomic E-state index is 0.122.